The van der Waals surface area contributed by atoms with E-state index >= 15 is 0 Å². The maximum Gasteiger partial charge on any atom is 0.130 e. The number of hydrogen-bond acceptors (Lipinski definition) is 7. The van der Waals surface area contributed by atoms with Gasteiger partial charge in [-0.15, -0.1) is 0 Å². The molecule has 0 fully saturated rings. The Morgan fingerprint density at radius 3 is 1.64 bits per heavy atom. The van der Waals surface area contributed by atoms with Crippen LogP contribution in [0.25, 0.3) is 0 Å². The van der Waals surface area contributed by atoms with Crippen LogP contribution in [0.5, 0.6) is 28.7 Å². The number of phenolic OH excluding ortho intramolecular Hbond substituents is 1. The van der Waals surface area contributed by atoms with Gasteiger partial charge in [-0.25, -0.2) is 0 Å². The van der Waals surface area contributed by atoms with Gasteiger partial charge in [0.05, 0.1) is 58.9 Å². The summed E-state index contributed by atoms with van der Waals surface area (Å²) in [7, 11) is 5.04. The number of aryl methyl sites for hydroxylation is 1. The number of phenols is 1. The third kappa shape index (κ3) is 6.04. The molecule has 0 radical (unpaired) electrons. The molecule has 3 aromatic carbocycles. The third-order valence-corrected chi connectivity index (χ3v) is 8.24. The van der Waals surface area contributed by atoms with E-state index in [4.69, 9.17) is 28.4 Å². The van der Waals surface area contributed by atoms with Crippen molar-refractivity contribution < 1.29 is 33.5 Å². The van der Waals surface area contributed by atoms with Crippen LogP contribution >= 0.6 is 7.92 Å². The molecule has 3 rings (SSSR count). The van der Waals surface area contributed by atoms with E-state index < -0.39 is 7.92 Å². The molecule has 0 aliphatic carbocycles. The fourth-order valence-electron chi connectivity index (χ4n) is 4.01. The van der Waals surface area contributed by atoms with Crippen LogP contribution in [0.3, 0.4) is 0 Å². The van der Waals surface area contributed by atoms with Gasteiger partial charge in [0.2, 0.25) is 0 Å². The van der Waals surface area contributed by atoms with E-state index in [0.717, 1.165) is 21.5 Å². The summed E-state index contributed by atoms with van der Waals surface area (Å²) in [6.45, 7) is 5.77. The predicted molar refractivity (Wildman–Crippen MR) is 144 cm³/mol. The number of methoxy groups -OCH3 is 4. The highest BCUT2D eigenvalue weighted by atomic mass is 31.1. The lowest BCUT2D eigenvalue weighted by atomic mass is 10.1. The van der Waals surface area contributed by atoms with Crippen molar-refractivity contribution in [2.75, 3.05) is 48.3 Å². The second-order valence-corrected chi connectivity index (χ2v) is 9.95. The molecule has 0 unspecified atom stereocenters. The van der Waals surface area contributed by atoms with E-state index in [-0.39, 0.29) is 12.4 Å². The topological polar surface area (TPSA) is 75.6 Å². The molecule has 0 aliphatic rings. The van der Waals surface area contributed by atoms with Crippen molar-refractivity contribution >= 4 is 23.8 Å². The average molecular weight is 515 g/mol. The first-order valence-corrected chi connectivity index (χ1v) is 13.0. The highest BCUT2D eigenvalue weighted by molar-refractivity contribution is 7.80. The normalized spacial score (nSPS) is 11.0. The highest BCUT2D eigenvalue weighted by Crippen LogP contribution is 2.48. The molecule has 7 nitrogen and oxygen atoms in total. The van der Waals surface area contributed by atoms with E-state index in [1.54, 1.807) is 28.4 Å². The monoisotopic (exact) mass is 514 g/mol. The van der Waals surface area contributed by atoms with Gasteiger partial charge in [0.15, 0.2) is 0 Å². The lowest BCUT2D eigenvalue weighted by Crippen LogP contribution is -2.26. The van der Waals surface area contributed by atoms with E-state index in [1.165, 1.54) is 0 Å². The fraction of sp³-hybridized carbons (Fsp3) is 0.357. The molecule has 0 heterocycles. The number of ether oxygens (including phenoxy) is 6. The molecule has 194 valence electrons. The maximum absolute atomic E-state index is 11.6. The first-order valence-electron chi connectivity index (χ1n) is 11.7. The smallest absolute Gasteiger partial charge is 0.130 e. The molecule has 0 spiro atoms. The standard InChI is InChI=1S/C28H35O7P/c1-7-34-14-15-35-18-20-16-19(2)17-25(26(20)29)36(27-21(30-3)10-8-11-22(27)31-4)28-23(32-5)12-9-13-24(28)33-6/h8-13,16-17,29H,7,14-15,18H2,1-6H3. The summed E-state index contributed by atoms with van der Waals surface area (Å²) in [6, 6.07) is 15.2. The van der Waals surface area contributed by atoms with Crippen molar-refractivity contribution in [3.05, 3.63) is 59.7 Å². The Labute approximate surface area is 214 Å². The van der Waals surface area contributed by atoms with Crippen molar-refractivity contribution in [1.82, 2.24) is 0 Å². The van der Waals surface area contributed by atoms with Crippen molar-refractivity contribution in [3.63, 3.8) is 0 Å². The van der Waals surface area contributed by atoms with E-state index in [9.17, 15) is 5.11 Å². The summed E-state index contributed by atoms with van der Waals surface area (Å²) in [5, 5.41) is 13.9. The van der Waals surface area contributed by atoms with Crippen LogP contribution in [0.2, 0.25) is 0 Å². The van der Waals surface area contributed by atoms with E-state index in [0.29, 0.717) is 48.4 Å². The fourth-order valence-corrected chi connectivity index (χ4v) is 6.95. The summed E-state index contributed by atoms with van der Waals surface area (Å²) in [6.07, 6.45) is 0. The minimum absolute atomic E-state index is 0.157. The van der Waals surface area contributed by atoms with Crippen LogP contribution < -0.4 is 34.9 Å². The minimum atomic E-state index is -1.46. The van der Waals surface area contributed by atoms with E-state index in [1.807, 2.05) is 62.4 Å². The molecule has 36 heavy (non-hydrogen) atoms. The van der Waals surface area contributed by atoms with Crippen LogP contribution in [-0.4, -0.2) is 53.4 Å². The van der Waals surface area contributed by atoms with Gasteiger partial charge in [0, 0.05) is 25.4 Å². The largest absolute Gasteiger partial charge is 0.507 e. The van der Waals surface area contributed by atoms with Crippen molar-refractivity contribution in [3.8, 4) is 28.7 Å². The van der Waals surface area contributed by atoms with Crippen molar-refractivity contribution in [1.29, 1.82) is 0 Å². The Hall–Kier alpha value is -2.99. The number of benzene rings is 3. The second-order valence-electron chi connectivity index (χ2n) is 7.90. The zero-order chi connectivity index (χ0) is 26.1. The molecule has 0 aliphatic heterocycles. The molecule has 0 saturated carbocycles. The molecule has 8 heteroatoms. The maximum atomic E-state index is 11.6. The highest BCUT2D eigenvalue weighted by Gasteiger charge is 2.32. The van der Waals surface area contributed by atoms with Crippen molar-refractivity contribution in [2.45, 2.75) is 20.5 Å². The average Bonchev–Trinajstić information content (AvgIpc) is 2.90. The van der Waals surface area contributed by atoms with Crippen molar-refractivity contribution in [2.24, 2.45) is 0 Å². The van der Waals surface area contributed by atoms with Gasteiger partial charge in [-0.3, -0.25) is 0 Å². The van der Waals surface area contributed by atoms with Gasteiger partial charge < -0.3 is 33.5 Å². The summed E-state index contributed by atoms with van der Waals surface area (Å²) in [5.41, 5.74) is 1.68. The molecular formula is C28H35O7P. The Bertz CT molecular complexity index is 1050. The molecule has 0 saturated heterocycles. The van der Waals surface area contributed by atoms with Crippen LogP contribution in [0.4, 0.5) is 0 Å². The lowest BCUT2D eigenvalue weighted by Gasteiger charge is -2.27. The number of aromatic hydroxyl groups is 1. The van der Waals surface area contributed by atoms with Crippen LogP contribution in [0.1, 0.15) is 18.1 Å². The van der Waals surface area contributed by atoms with Gasteiger partial charge in [-0.05, 0) is 49.7 Å². The number of hydrogen-bond donors (Lipinski definition) is 1. The van der Waals surface area contributed by atoms with Gasteiger partial charge in [0.1, 0.15) is 28.7 Å². The van der Waals surface area contributed by atoms with Crippen LogP contribution in [-0.2, 0) is 16.1 Å². The quantitative estimate of drug-likeness (QED) is 0.273. The van der Waals surface area contributed by atoms with Gasteiger partial charge >= 0.3 is 0 Å². The molecule has 0 amide bonds. The van der Waals surface area contributed by atoms with Gasteiger partial charge in [0.25, 0.3) is 0 Å². The van der Waals surface area contributed by atoms with Gasteiger partial charge in [-0.1, -0.05) is 18.2 Å². The summed E-state index contributed by atoms with van der Waals surface area (Å²) in [4.78, 5) is 0. The molecule has 0 atom stereocenters. The number of rotatable bonds is 13. The zero-order valence-electron chi connectivity index (χ0n) is 21.8. The lowest BCUT2D eigenvalue weighted by molar-refractivity contribution is 0.0446. The Morgan fingerprint density at radius 1 is 0.722 bits per heavy atom. The van der Waals surface area contributed by atoms with Gasteiger partial charge in [-0.2, -0.15) is 0 Å². The zero-order valence-corrected chi connectivity index (χ0v) is 22.7. The Balaban J connectivity index is 2.28. The molecule has 0 bridgehead atoms. The first-order chi connectivity index (χ1) is 17.5. The van der Waals surface area contributed by atoms with Crippen LogP contribution in [0, 0.1) is 6.92 Å². The molecule has 0 aromatic heterocycles. The first kappa shape index (κ1) is 27.6. The minimum Gasteiger partial charge on any atom is -0.507 e. The Morgan fingerprint density at radius 2 is 1.19 bits per heavy atom. The van der Waals surface area contributed by atoms with E-state index in [2.05, 4.69) is 0 Å². The predicted octanol–water partition coefficient (Wildman–Crippen LogP) is 4.05. The molecular weight excluding hydrogens is 479 g/mol. The summed E-state index contributed by atoms with van der Waals surface area (Å²) >= 11 is 0. The van der Waals surface area contributed by atoms with Crippen LogP contribution in [0.15, 0.2) is 48.5 Å². The summed E-state index contributed by atoms with van der Waals surface area (Å²) < 4.78 is 34.4. The summed E-state index contributed by atoms with van der Waals surface area (Å²) in [5.74, 6) is 2.73. The Kier molecular flexibility index (Phi) is 10.2. The third-order valence-electron chi connectivity index (χ3n) is 5.64. The molecule has 3 aromatic rings. The molecule has 1 N–H and O–H groups in total. The SMILES string of the molecule is CCOCCOCc1cc(C)cc(P(c2c(OC)cccc2OC)c2c(OC)cccc2OC)c1O. The second kappa shape index (κ2) is 13.4.